The minimum atomic E-state index is -0.0975. The second-order valence-electron chi connectivity index (χ2n) is 6.24. The van der Waals surface area contributed by atoms with Gasteiger partial charge in [0.15, 0.2) is 0 Å². The van der Waals surface area contributed by atoms with Gasteiger partial charge in [0, 0.05) is 12.2 Å². The average Bonchev–Trinajstić information content (AvgIpc) is 2.66. The van der Waals surface area contributed by atoms with Gasteiger partial charge in [0.2, 0.25) is 11.8 Å². The molecule has 0 aliphatic rings. The summed E-state index contributed by atoms with van der Waals surface area (Å²) in [5.41, 5.74) is 4.16. The van der Waals surface area contributed by atoms with Crippen LogP contribution < -0.4 is 15.4 Å². The first-order valence-corrected chi connectivity index (χ1v) is 9.98. The maximum Gasteiger partial charge on any atom is 0.234 e. The molecule has 0 radical (unpaired) electrons. The van der Waals surface area contributed by atoms with Gasteiger partial charge >= 0.3 is 0 Å². The van der Waals surface area contributed by atoms with Crippen LogP contribution in [-0.4, -0.2) is 37.0 Å². The van der Waals surface area contributed by atoms with Crippen LogP contribution in [0.3, 0.4) is 0 Å². The van der Waals surface area contributed by atoms with E-state index in [1.807, 2.05) is 56.3 Å². The zero-order valence-corrected chi connectivity index (χ0v) is 16.8. The molecule has 144 valence electrons. The summed E-state index contributed by atoms with van der Waals surface area (Å²) in [6.45, 7) is 4.56. The maximum atomic E-state index is 12.0. The SMILES string of the molecule is COc1ccc(CCNC(=O)CSCC(=O)Nc2cccc(C)c2C)cc1. The Bertz CT molecular complexity index is 775. The van der Waals surface area contributed by atoms with Gasteiger partial charge in [0.05, 0.1) is 18.6 Å². The van der Waals surface area contributed by atoms with E-state index >= 15 is 0 Å². The van der Waals surface area contributed by atoms with Crippen LogP contribution in [0, 0.1) is 13.8 Å². The lowest BCUT2D eigenvalue weighted by Gasteiger charge is -2.10. The molecule has 5 nitrogen and oxygen atoms in total. The van der Waals surface area contributed by atoms with Crippen LogP contribution in [0.2, 0.25) is 0 Å². The highest BCUT2D eigenvalue weighted by Gasteiger charge is 2.08. The highest BCUT2D eigenvalue weighted by Crippen LogP contribution is 2.18. The van der Waals surface area contributed by atoms with Crippen LogP contribution in [-0.2, 0) is 16.0 Å². The van der Waals surface area contributed by atoms with Gasteiger partial charge in [-0.2, -0.15) is 0 Å². The summed E-state index contributed by atoms with van der Waals surface area (Å²) in [5, 5.41) is 5.77. The number of rotatable bonds is 9. The van der Waals surface area contributed by atoms with Crippen molar-refractivity contribution in [3.63, 3.8) is 0 Å². The Balaban J connectivity index is 1.63. The molecule has 0 saturated heterocycles. The molecule has 2 aromatic rings. The summed E-state index contributed by atoms with van der Waals surface area (Å²) in [4.78, 5) is 23.9. The van der Waals surface area contributed by atoms with Crippen molar-refractivity contribution >= 4 is 29.3 Å². The van der Waals surface area contributed by atoms with Gasteiger partial charge in [-0.3, -0.25) is 9.59 Å². The summed E-state index contributed by atoms with van der Waals surface area (Å²) in [6.07, 6.45) is 0.757. The molecule has 0 aliphatic heterocycles. The van der Waals surface area contributed by atoms with Crippen LogP contribution in [0.1, 0.15) is 16.7 Å². The first-order valence-electron chi connectivity index (χ1n) is 8.83. The molecular formula is C21H26N2O3S. The molecule has 0 aromatic heterocycles. The number of carbonyl (C=O) groups is 2. The van der Waals surface area contributed by atoms with Gasteiger partial charge in [-0.1, -0.05) is 24.3 Å². The first kappa shape index (κ1) is 20.8. The number of nitrogens with one attached hydrogen (secondary N) is 2. The fourth-order valence-corrected chi connectivity index (χ4v) is 3.15. The molecule has 0 aliphatic carbocycles. The first-order chi connectivity index (χ1) is 13.0. The molecule has 6 heteroatoms. The summed E-state index contributed by atoms with van der Waals surface area (Å²) < 4.78 is 5.12. The normalized spacial score (nSPS) is 10.3. The minimum Gasteiger partial charge on any atom is -0.497 e. The third kappa shape index (κ3) is 6.98. The van der Waals surface area contributed by atoms with Crippen molar-refractivity contribution < 1.29 is 14.3 Å². The predicted octanol–water partition coefficient (Wildman–Crippen LogP) is 3.34. The van der Waals surface area contributed by atoms with Gasteiger partial charge in [0.1, 0.15) is 5.75 Å². The Morgan fingerprint density at radius 1 is 1.00 bits per heavy atom. The summed E-state index contributed by atoms with van der Waals surface area (Å²) >= 11 is 1.31. The van der Waals surface area contributed by atoms with Crippen molar-refractivity contribution in [2.75, 3.05) is 30.5 Å². The van der Waals surface area contributed by atoms with Crippen molar-refractivity contribution in [3.8, 4) is 5.75 Å². The fourth-order valence-electron chi connectivity index (χ4n) is 2.50. The third-order valence-electron chi connectivity index (χ3n) is 4.24. The third-order valence-corrected chi connectivity index (χ3v) is 5.17. The maximum absolute atomic E-state index is 12.0. The van der Waals surface area contributed by atoms with E-state index in [0.29, 0.717) is 6.54 Å². The lowest BCUT2D eigenvalue weighted by atomic mass is 10.1. The molecule has 0 heterocycles. The molecule has 2 amide bonds. The van der Waals surface area contributed by atoms with Gasteiger partial charge in [-0.05, 0) is 55.2 Å². The molecule has 2 rings (SSSR count). The molecule has 0 fully saturated rings. The van der Waals surface area contributed by atoms with E-state index < -0.39 is 0 Å². The lowest BCUT2D eigenvalue weighted by Crippen LogP contribution is -2.28. The second kappa shape index (κ2) is 10.6. The number of amides is 2. The molecular weight excluding hydrogens is 360 g/mol. The Kier molecular flexibility index (Phi) is 8.20. The van der Waals surface area contributed by atoms with Crippen molar-refractivity contribution in [2.45, 2.75) is 20.3 Å². The fraction of sp³-hybridized carbons (Fsp3) is 0.333. The van der Waals surface area contributed by atoms with E-state index in [1.165, 1.54) is 11.8 Å². The standard InChI is InChI=1S/C21H26N2O3S/c1-15-5-4-6-19(16(15)2)23-21(25)14-27-13-20(24)22-12-11-17-7-9-18(26-3)10-8-17/h4-10H,11-14H2,1-3H3,(H,22,24)(H,23,25). The lowest BCUT2D eigenvalue weighted by molar-refractivity contribution is -0.118. The number of benzene rings is 2. The largest absolute Gasteiger partial charge is 0.497 e. The summed E-state index contributed by atoms with van der Waals surface area (Å²) in [7, 11) is 1.63. The zero-order chi connectivity index (χ0) is 19.6. The molecule has 0 saturated carbocycles. The summed E-state index contributed by atoms with van der Waals surface area (Å²) in [6, 6.07) is 13.6. The zero-order valence-electron chi connectivity index (χ0n) is 16.0. The molecule has 0 bridgehead atoms. The summed E-state index contributed by atoms with van der Waals surface area (Å²) in [5.74, 6) is 1.17. The Morgan fingerprint density at radius 2 is 1.70 bits per heavy atom. The quantitative estimate of drug-likeness (QED) is 0.694. The highest BCUT2D eigenvalue weighted by molar-refractivity contribution is 8.00. The van der Waals surface area contributed by atoms with Crippen molar-refractivity contribution in [1.29, 1.82) is 0 Å². The monoisotopic (exact) mass is 386 g/mol. The number of ether oxygens (including phenoxy) is 1. The molecule has 2 N–H and O–H groups in total. The predicted molar refractivity (Wildman–Crippen MR) is 112 cm³/mol. The molecule has 0 unspecified atom stereocenters. The van der Waals surface area contributed by atoms with E-state index in [2.05, 4.69) is 10.6 Å². The van der Waals surface area contributed by atoms with Crippen molar-refractivity contribution in [1.82, 2.24) is 5.32 Å². The number of carbonyl (C=O) groups excluding carboxylic acids is 2. The number of hydrogen-bond acceptors (Lipinski definition) is 4. The van der Waals surface area contributed by atoms with Crippen LogP contribution in [0.4, 0.5) is 5.69 Å². The van der Waals surface area contributed by atoms with Crippen LogP contribution in [0.5, 0.6) is 5.75 Å². The Labute approximate surface area is 164 Å². The van der Waals surface area contributed by atoms with E-state index in [-0.39, 0.29) is 23.3 Å². The molecule has 0 atom stereocenters. The van der Waals surface area contributed by atoms with Gasteiger partial charge in [0.25, 0.3) is 0 Å². The molecule has 27 heavy (non-hydrogen) atoms. The minimum absolute atomic E-state index is 0.0620. The molecule has 0 spiro atoms. The smallest absolute Gasteiger partial charge is 0.234 e. The number of hydrogen-bond donors (Lipinski definition) is 2. The number of anilines is 1. The van der Waals surface area contributed by atoms with Crippen molar-refractivity contribution in [2.24, 2.45) is 0 Å². The molecule has 2 aromatic carbocycles. The van der Waals surface area contributed by atoms with Crippen LogP contribution >= 0.6 is 11.8 Å². The Morgan fingerprint density at radius 3 is 2.41 bits per heavy atom. The van der Waals surface area contributed by atoms with Crippen LogP contribution in [0.15, 0.2) is 42.5 Å². The van der Waals surface area contributed by atoms with E-state index in [4.69, 9.17) is 4.74 Å². The van der Waals surface area contributed by atoms with E-state index in [9.17, 15) is 9.59 Å². The average molecular weight is 387 g/mol. The Hall–Kier alpha value is -2.47. The van der Waals surface area contributed by atoms with E-state index in [0.717, 1.165) is 34.5 Å². The van der Waals surface area contributed by atoms with E-state index in [1.54, 1.807) is 7.11 Å². The van der Waals surface area contributed by atoms with Gasteiger partial charge in [-0.15, -0.1) is 11.8 Å². The van der Waals surface area contributed by atoms with Gasteiger partial charge in [-0.25, -0.2) is 0 Å². The van der Waals surface area contributed by atoms with Crippen LogP contribution in [0.25, 0.3) is 0 Å². The number of aryl methyl sites for hydroxylation is 1. The number of methoxy groups -OCH3 is 1. The van der Waals surface area contributed by atoms with Crippen molar-refractivity contribution in [3.05, 3.63) is 59.2 Å². The topological polar surface area (TPSA) is 67.4 Å². The number of thioether (sulfide) groups is 1. The van der Waals surface area contributed by atoms with Gasteiger partial charge < -0.3 is 15.4 Å². The second-order valence-corrected chi connectivity index (χ2v) is 7.22. The highest BCUT2D eigenvalue weighted by atomic mass is 32.2.